The standard InChI is InChI=1S/C22H29N5O2/c1-24-9-11-26(12-10-24)21-8-7-18(17-23-21)22(28)27-15-13-25(14-16-27)19-5-3-4-6-20(19)29-2/h3-8,17H,9-16H2,1-2H3. The normalized spacial score (nSPS) is 18.1. The summed E-state index contributed by atoms with van der Waals surface area (Å²) in [5, 5.41) is 0. The van der Waals surface area contributed by atoms with Gasteiger partial charge in [0.05, 0.1) is 18.4 Å². The first-order valence-electron chi connectivity index (χ1n) is 10.2. The molecule has 2 aliphatic rings. The second kappa shape index (κ2) is 8.69. The number of carbonyl (C=O) groups excluding carboxylic acids is 1. The summed E-state index contributed by atoms with van der Waals surface area (Å²) in [6.45, 7) is 6.99. The van der Waals surface area contributed by atoms with E-state index in [2.05, 4.69) is 32.8 Å². The molecule has 7 nitrogen and oxygen atoms in total. The SMILES string of the molecule is COc1ccccc1N1CCN(C(=O)c2ccc(N3CCN(C)CC3)nc2)CC1. The van der Waals surface area contributed by atoms with Gasteiger partial charge in [-0.25, -0.2) is 4.98 Å². The molecule has 7 heteroatoms. The molecule has 4 rings (SSSR count). The van der Waals surface area contributed by atoms with Gasteiger partial charge in [-0.3, -0.25) is 4.79 Å². The Morgan fingerprint density at radius 2 is 1.59 bits per heavy atom. The third kappa shape index (κ3) is 4.29. The molecule has 1 aromatic carbocycles. The van der Waals surface area contributed by atoms with E-state index in [1.54, 1.807) is 13.3 Å². The predicted molar refractivity (Wildman–Crippen MR) is 115 cm³/mol. The van der Waals surface area contributed by atoms with Gasteiger partial charge in [-0.15, -0.1) is 0 Å². The van der Waals surface area contributed by atoms with E-state index < -0.39 is 0 Å². The van der Waals surface area contributed by atoms with E-state index >= 15 is 0 Å². The number of methoxy groups -OCH3 is 1. The molecule has 0 unspecified atom stereocenters. The van der Waals surface area contributed by atoms with Crippen LogP contribution in [0, 0.1) is 0 Å². The number of hydrogen-bond acceptors (Lipinski definition) is 6. The zero-order chi connectivity index (χ0) is 20.2. The highest BCUT2D eigenvalue weighted by Gasteiger charge is 2.24. The number of carbonyl (C=O) groups is 1. The number of hydrogen-bond donors (Lipinski definition) is 0. The van der Waals surface area contributed by atoms with E-state index in [1.165, 1.54) is 0 Å². The molecule has 0 saturated carbocycles. The number of likely N-dealkylation sites (N-methyl/N-ethyl adjacent to an activating group) is 1. The van der Waals surface area contributed by atoms with Gasteiger partial charge < -0.3 is 24.3 Å². The summed E-state index contributed by atoms with van der Waals surface area (Å²) >= 11 is 0. The highest BCUT2D eigenvalue weighted by atomic mass is 16.5. The van der Waals surface area contributed by atoms with Crippen molar-refractivity contribution in [3.8, 4) is 5.75 Å². The summed E-state index contributed by atoms with van der Waals surface area (Å²) < 4.78 is 5.47. The quantitative estimate of drug-likeness (QED) is 0.787. The molecule has 2 aromatic rings. The summed E-state index contributed by atoms with van der Waals surface area (Å²) in [5.41, 5.74) is 1.74. The molecular weight excluding hydrogens is 366 g/mol. The topological polar surface area (TPSA) is 52.2 Å². The van der Waals surface area contributed by atoms with Crippen LogP contribution in [0.3, 0.4) is 0 Å². The van der Waals surface area contributed by atoms with Crippen molar-refractivity contribution in [2.75, 3.05) is 76.3 Å². The molecule has 0 bridgehead atoms. The van der Waals surface area contributed by atoms with Crippen molar-refractivity contribution >= 4 is 17.4 Å². The summed E-state index contributed by atoms with van der Waals surface area (Å²) in [6, 6.07) is 11.9. The van der Waals surface area contributed by atoms with Crippen molar-refractivity contribution in [1.82, 2.24) is 14.8 Å². The third-order valence-corrected chi connectivity index (χ3v) is 5.81. The summed E-state index contributed by atoms with van der Waals surface area (Å²) in [6.07, 6.45) is 1.72. The molecule has 0 atom stereocenters. The van der Waals surface area contributed by atoms with E-state index in [0.717, 1.165) is 56.5 Å². The van der Waals surface area contributed by atoms with Crippen LogP contribution in [0.2, 0.25) is 0 Å². The molecule has 1 amide bonds. The predicted octanol–water partition coefficient (Wildman–Crippen LogP) is 1.80. The van der Waals surface area contributed by atoms with Gasteiger partial charge in [0.15, 0.2) is 0 Å². The molecular formula is C22H29N5O2. The first kappa shape index (κ1) is 19.5. The fourth-order valence-electron chi connectivity index (χ4n) is 3.96. The second-order valence-corrected chi connectivity index (χ2v) is 7.65. The van der Waals surface area contributed by atoms with Crippen LogP contribution in [0.1, 0.15) is 10.4 Å². The Morgan fingerprint density at radius 1 is 0.897 bits per heavy atom. The maximum absolute atomic E-state index is 12.9. The maximum Gasteiger partial charge on any atom is 0.255 e. The maximum atomic E-state index is 12.9. The second-order valence-electron chi connectivity index (χ2n) is 7.65. The van der Waals surface area contributed by atoms with E-state index in [4.69, 9.17) is 4.74 Å². The van der Waals surface area contributed by atoms with Crippen LogP contribution in [0.15, 0.2) is 42.6 Å². The lowest BCUT2D eigenvalue weighted by atomic mass is 10.2. The van der Waals surface area contributed by atoms with Gasteiger partial charge in [0, 0.05) is 58.6 Å². The van der Waals surface area contributed by atoms with Crippen LogP contribution in [0.5, 0.6) is 5.75 Å². The zero-order valence-electron chi connectivity index (χ0n) is 17.3. The van der Waals surface area contributed by atoms with Crippen molar-refractivity contribution in [3.63, 3.8) is 0 Å². The minimum atomic E-state index is 0.0575. The lowest BCUT2D eigenvalue weighted by Crippen LogP contribution is -2.49. The Bertz CT molecular complexity index is 825. The Kier molecular flexibility index (Phi) is 5.85. The van der Waals surface area contributed by atoms with E-state index in [1.807, 2.05) is 35.2 Å². The molecule has 2 saturated heterocycles. The molecule has 0 spiro atoms. The molecule has 2 fully saturated rings. The third-order valence-electron chi connectivity index (χ3n) is 5.81. The van der Waals surface area contributed by atoms with Gasteiger partial charge in [0.25, 0.3) is 5.91 Å². The van der Waals surface area contributed by atoms with Gasteiger partial charge in [-0.2, -0.15) is 0 Å². The fourth-order valence-corrected chi connectivity index (χ4v) is 3.96. The number of para-hydroxylation sites is 2. The van der Waals surface area contributed by atoms with Crippen molar-refractivity contribution in [2.24, 2.45) is 0 Å². The lowest BCUT2D eigenvalue weighted by molar-refractivity contribution is 0.0746. The average molecular weight is 396 g/mol. The average Bonchev–Trinajstić information content (AvgIpc) is 2.79. The fraction of sp³-hybridized carbons (Fsp3) is 0.455. The van der Waals surface area contributed by atoms with E-state index in [-0.39, 0.29) is 5.91 Å². The number of nitrogens with zero attached hydrogens (tertiary/aromatic N) is 5. The molecule has 0 radical (unpaired) electrons. The van der Waals surface area contributed by atoms with Gasteiger partial charge in [0.2, 0.25) is 0 Å². The molecule has 2 aliphatic heterocycles. The Hall–Kier alpha value is -2.80. The van der Waals surface area contributed by atoms with E-state index in [0.29, 0.717) is 18.7 Å². The van der Waals surface area contributed by atoms with Crippen molar-refractivity contribution in [3.05, 3.63) is 48.2 Å². The molecule has 0 aliphatic carbocycles. The zero-order valence-corrected chi connectivity index (χ0v) is 17.3. The van der Waals surface area contributed by atoms with Crippen LogP contribution in [-0.4, -0.2) is 87.2 Å². The summed E-state index contributed by atoms with van der Waals surface area (Å²) in [7, 11) is 3.83. The molecule has 29 heavy (non-hydrogen) atoms. The van der Waals surface area contributed by atoms with Crippen LogP contribution < -0.4 is 14.5 Å². The van der Waals surface area contributed by atoms with Crippen molar-refractivity contribution < 1.29 is 9.53 Å². The molecule has 0 N–H and O–H groups in total. The van der Waals surface area contributed by atoms with Crippen LogP contribution in [0.4, 0.5) is 11.5 Å². The van der Waals surface area contributed by atoms with Crippen molar-refractivity contribution in [1.29, 1.82) is 0 Å². The highest BCUT2D eigenvalue weighted by molar-refractivity contribution is 5.94. The monoisotopic (exact) mass is 395 g/mol. The smallest absolute Gasteiger partial charge is 0.255 e. The van der Waals surface area contributed by atoms with E-state index in [9.17, 15) is 4.79 Å². The van der Waals surface area contributed by atoms with Crippen LogP contribution in [0.25, 0.3) is 0 Å². The number of ether oxygens (including phenoxy) is 1. The number of benzene rings is 1. The van der Waals surface area contributed by atoms with Gasteiger partial charge >= 0.3 is 0 Å². The first-order chi connectivity index (χ1) is 14.2. The van der Waals surface area contributed by atoms with Crippen LogP contribution >= 0.6 is 0 Å². The summed E-state index contributed by atoms with van der Waals surface area (Å²) in [5.74, 6) is 1.88. The number of pyridine rings is 1. The number of amides is 1. The Balaban J connectivity index is 1.36. The minimum Gasteiger partial charge on any atom is -0.495 e. The number of piperazine rings is 2. The number of anilines is 2. The molecule has 154 valence electrons. The largest absolute Gasteiger partial charge is 0.495 e. The molecule has 3 heterocycles. The minimum absolute atomic E-state index is 0.0575. The van der Waals surface area contributed by atoms with Crippen LogP contribution in [-0.2, 0) is 0 Å². The van der Waals surface area contributed by atoms with Crippen molar-refractivity contribution in [2.45, 2.75) is 0 Å². The van der Waals surface area contributed by atoms with Gasteiger partial charge in [0.1, 0.15) is 11.6 Å². The number of rotatable bonds is 4. The van der Waals surface area contributed by atoms with Gasteiger partial charge in [-0.1, -0.05) is 12.1 Å². The van der Waals surface area contributed by atoms with Gasteiger partial charge in [-0.05, 0) is 31.3 Å². The Morgan fingerprint density at radius 3 is 2.24 bits per heavy atom. The summed E-state index contributed by atoms with van der Waals surface area (Å²) in [4.78, 5) is 26.3. The number of aromatic nitrogens is 1. The first-order valence-corrected chi connectivity index (χ1v) is 10.2. The lowest BCUT2D eigenvalue weighted by Gasteiger charge is -2.36. The Labute approximate surface area is 172 Å². The highest BCUT2D eigenvalue weighted by Crippen LogP contribution is 2.28. The molecule has 1 aromatic heterocycles.